The van der Waals surface area contributed by atoms with Gasteiger partial charge in [0.05, 0.1) is 13.5 Å². The van der Waals surface area contributed by atoms with E-state index in [1.807, 2.05) is 0 Å². The first-order chi connectivity index (χ1) is 9.08. The lowest BCUT2D eigenvalue weighted by Crippen LogP contribution is -2.16. The monoisotopic (exact) mass is 268 g/mol. The number of methoxy groups -OCH3 is 1. The molecular weight excluding hydrogens is 258 g/mol. The van der Waals surface area contributed by atoms with Crippen LogP contribution in [0.4, 0.5) is 14.7 Å². The number of amides is 1. The summed E-state index contributed by atoms with van der Waals surface area (Å²) in [7, 11) is 1.38. The van der Waals surface area contributed by atoms with Crippen LogP contribution in [0.1, 0.15) is 5.56 Å². The Morgan fingerprint density at radius 2 is 2.26 bits per heavy atom. The molecule has 0 unspecified atom stereocenters. The molecule has 0 atom stereocenters. The van der Waals surface area contributed by atoms with Gasteiger partial charge in [-0.05, 0) is 11.6 Å². The number of nitrogens with zero attached hydrogens (tertiary/aromatic N) is 2. The number of benzene rings is 1. The second-order valence-corrected chi connectivity index (χ2v) is 3.63. The fourth-order valence-electron chi connectivity index (χ4n) is 1.41. The van der Waals surface area contributed by atoms with Crippen molar-refractivity contribution in [1.82, 2.24) is 15.2 Å². The predicted octanol–water partition coefficient (Wildman–Crippen LogP) is 1.27. The molecule has 19 heavy (non-hydrogen) atoms. The van der Waals surface area contributed by atoms with Crippen molar-refractivity contribution in [2.45, 2.75) is 6.42 Å². The van der Waals surface area contributed by atoms with Crippen molar-refractivity contribution in [3.05, 3.63) is 35.4 Å². The van der Waals surface area contributed by atoms with Gasteiger partial charge in [0.25, 0.3) is 0 Å². The maximum atomic E-state index is 13.3. The Hall–Kier alpha value is -2.51. The number of carbonyl (C=O) groups excluding carboxylic acids is 1. The van der Waals surface area contributed by atoms with E-state index in [9.17, 15) is 13.6 Å². The number of H-pyrrole nitrogens is 1. The Labute approximate surface area is 106 Å². The van der Waals surface area contributed by atoms with Gasteiger partial charge in [0, 0.05) is 6.07 Å². The van der Waals surface area contributed by atoms with Crippen LogP contribution in [-0.2, 0) is 11.2 Å². The van der Waals surface area contributed by atoms with E-state index < -0.39 is 17.5 Å². The number of hydrogen-bond donors (Lipinski definition) is 2. The van der Waals surface area contributed by atoms with Gasteiger partial charge in [-0.2, -0.15) is 4.98 Å². The molecule has 100 valence electrons. The number of aromatic nitrogens is 3. The quantitative estimate of drug-likeness (QED) is 0.875. The SMILES string of the molecule is COc1n[nH]c(NC(=O)Cc2ccc(F)cc2F)n1. The molecule has 1 aromatic carbocycles. The van der Waals surface area contributed by atoms with Crippen LogP contribution < -0.4 is 10.1 Å². The van der Waals surface area contributed by atoms with Crippen molar-refractivity contribution in [2.24, 2.45) is 0 Å². The van der Waals surface area contributed by atoms with Crippen LogP contribution in [0.2, 0.25) is 0 Å². The van der Waals surface area contributed by atoms with Crippen LogP contribution in [0.25, 0.3) is 0 Å². The van der Waals surface area contributed by atoms with Crippen molar-refractivity contribution in [1.29, 1.82) is 0 Å². The molecule has 6 nitrogen and oxygen atoms in total. The molecule has 0 bridgehead atoms. The Bertz CT molecular complexity index is 600. The first-order valence-corrected chi connectivity index (χ1v) is 5.28. The lowest BCUT2D eigenvalue weighted by atomic mass is 10.1. The molecule has 0 spiro atoms. The Morgan fingerprint density at radius 3 is 2.89 bits per heavy atom. The number of ether oxygens (including phenoxy) is 1. The molecule has 1 amide bonds. The number of rotatable bonds is 4. The summed E-state index contributed by atoms with van der Waals surface area (Å²) in [6, 6.07) is 3.09. The zero-order valence-electron chi connectivity index (χ0n) is 9.91. The molecule has 8 heteroatoms. The molecule has 0 aliphatic rings. The van der Waals surface area contributed by atoms with Crippen LogP contribution in [0.5, 0.6) is 6.01 Å². The third kappa shape index (κ3) is 3.24. The van der Waals surface area contributed by atoms with Crippen LogP contribution >= 0.6 is 0 Å². The zero-order valence-corrected chi connectivity index (χ0v) is 9.91. The molecule has 0 radical (unpaired) electrons. The van der Waals surface area contributed by atoms with Gasteiger partial charge in [0.15, 0.2) is 0 Å². The summed E-state index contributed by atoms with van der Waals surface area (Å²) in [6.45, 7) is 0. The summed E-state index contributed by atoms with van der Waals surface area (Å²) < 4.78 is 30.7. The van der Waals surface area contributed by atoms with Crippen molar-refractivity contribution < 1.29 is 18.3 Å². The van der Waals surface area contributed by atoms with Gasteiger partial charge in [0.1, 0.15) is 11.6 Å². The topological polar surface area (TPSA) is 79.9 Å². The normalized spacial score (nSPS) is 10.3. The van der Waals surface area contributed by atoms with Crippen LogP contribution in [0.3, 0.4) is 0 Å². The molecule has 0 fully saturated rings. The standard InChI is InChI=1S/C11H10F2N4O2/c1-19-11-15-10(16-17-11)14-9(18)4-6-2-3-7(12)5-8(6)13/h2-3,5H,4H2,1H3,(H2,14,15,16,17,18). The maximum absolute atomic E-state index is 13.3. The van der Waals surface area contributed by atoms with E-state index in [2.05, 4.69) is 20.5 Å². The molecule has 0 aliphatic carbocycles. The molecule has 0 aliphatic heterocycles. The van der Waals surface area contributed by atoms with Gasteiger partial charge in [-0.25, -0.2) is 13.9 Å². The third-order valence-electron chi connectivity index (χ3n) is 2.27. The Morgan fingerprint density at radius 1 is 1.47 bits per heavy atom. The van der Waals surface area contributed by atoms with Gasteiger partial charge in [-0.3, -0.25) is 10.1 Å². The minimum atomic E-state index is -0.773. The first-order valence-electron chi connectivity index (χ1n) is 5.28. The number of hydrogen-bond acceptors (Lipinski definition) is 4. The molecule has 0 saturated carbocycles. The average Bonchev–Trinajstić information content (AvgIpc) is 2.80. The van der Waals surface area contributed by atoms with E-state index in [0.29, 0.717) is 0 Å². The molecule has 1 heterocycles. The lowest BCUT2D eigenvalue weighted by molar-refractivity contribution is -0.115. The number of aromatic amines is 1. The highest BCUT2D eigenvalue weighted by molar-refractivity contribution is 5.90. The molecule has 1 aromatic heterocycles. The fourth-order valence-corrected chi connectivity index (χ4v) is 1.41. The van der Waals surface area contributed by atoms with Crippen molar-refractivity contribution in [2.75, 3.05) is 12.4 Å². The van der Waals surface area contributed by atoms with Gasteiger partial charge in [-0.1, -0.05) is 6.07 Å². The fraction of sp³-hybridized carbons (Fsp3) is 0.182. The molecule has 2 N–H and O–H groups in total. The lowest BCUT2D eigenvalue weighted by Gasteiger charge is -2.03. The van der Waals surface area contributed by atoms with Gasteiger partial charge >= 0.3 is 6.01 Å². The van der Waals surface area contributed by atoms with Gasteiger partial charge < -0.3 is 4.74 Å². The third-order valence-corrected chi connectivity index (χ3v) is 2.27. The predicted molar refractivity (Wildman–Crippen MR) is 61.6 cm³/mol. The smallest absolute Gasteiger partial charge is 0.336 e. The largest absolute Gasteiger partial charge is 0.466 e. The van der Waals surface area contributed by atoms with E-state index in [-0.39, 0.29) is 23.9 Å². The summed E-state index contributed by atoms with van der Waals surface area (Å²) in [5.41, 5.74) is 0.0883. The zero-order chi connectivity index (χ0) is 13.8. The van der Waals surface area contributed by atoms with Crippen LogP contribution in [-0.4, -0.2) is 28.2 Å². The minimum Gasteiger partial charge on any atom is -0.466 e. The molecular formula is C11H10F2N4O2. The summed E-state index contributed by atoms with van der Waals surface area (Å²) >= 11 is 0. The van der Waals surface area contributed by atoms with E-state index in [4.69, 9.17) is 4.74 Å². The summed E-state index contributed by atoms with van der Waals surface area (Å²) in [5, 5.41) is 8.43. The number of carbonyl (C=O) groups is 1. The highest BCUT2D eigenvalue weighted by atomic mass is 19.1. The second kappa shape index (κ2) is 5.42. The van der Waals surface area contributed by atoms with Crippen molar-refractivity contribution in [3.8, 4) is 6.01 Å². The summed E-state index contributed by atoms with van der Waals surface area (Å²) in [4.78, 5) is 15.4. The van der Waals surface area contributed by atoms with E-state index in [1.54, 1.807) is 0 Å². The first kappa shape index (κ1) is 12.9. The minimum absolute atomic E-state index is 0.0725. The van der Waals surface area contributed by atoms with Crippen molar-refractivity contribution >= 4 is 11.9 Å². The van der Waals surface area contributed by atoms with Crippen LogP contribution in [0.15, 0.2) is 18.2 Å². The highest BCUT2D eigenvalue weighted by Gasteiger charge is 2.11. The maximum Gasteiger partial charge on any atom is 0.336 e. The van der Waals surface area contributed by atoms with Gasteiger partial charge in [-0.15, -0.1) is 5.10 Å². The number of anilines is 1. The van der Waals surface area contributed by atoms with Crippen molar-refractivity contribution in [3.63, 3.8) is 0 Å². The number of halogens is 2. The molecule has 2 aromatic rings. The average molecular weight is 268 g/mol. The molecule has 0 saturated heterocycles. The summed E-state index contributed by atoms with van der Waals surface area (Å²) in [6.07, 6.45) is -0.241. The highest BCUT2D eigenvalue weighted by Crippen LogP contribution is 2.11. The van der Waals surface area contributed by atoms with Gasteiger partial charge in [0.2, 0.25) is 11.9 Å². The van der Waals surface area contributed by atoms with Crippen LogP contribution in [0, 0.1) is 11.6 Å². The Kier molecular flexibility index (Phi) is 3.69. The second-order valence-electron chi connectivity index (χ2n) is 3.63. The Balaban J connectivity index is 2.01. The van der Waals surface area contributed by atoms with E-state index in [1.165, 1.54) is 13.2 Å². The summed E-state index contributed by atoms with van der Waals surface area (Å²) in [5.74, 6) is -1.89. The van der Waals surface area contributed by atoms with E-state index in [0.717, 1.165) is 12.1 Å². The molecule has 2 rings (SSSR count). The van der Waals surface area contributed by atoms with E-state index >= 15 is 0 Å². The number of nitrogens with one attached hydrogen (secondary N) is 2.